The van der Waals surface area contributed by atoms with E-state index < -0.39 is 0 Å². The fraction of sp³-hybridized carbons (Fsp3) is 0.318. The molecule has 27 heavy (non-hydrogen) atoms. The fourth-order valence-corrected chi connectivity index (χ4v) is 3.78. The number of nitrogens with zero attached hydrogens (tertiary/aromatic N) is 1. The average molecular weight is 386 g/mol. The molecule has 0 radical (unpaired) electrons. The molecule has 0 saturated carbocycles. The second-order valence-electron chi connectivity index (χ2n) is 6.83. The number of ether oxygens (including phenoxy) is 2. The number of amides is 1. The first-order valence-corrected chi connectivity index (χ1v) is 9.28. The topological polar surface area (TPSA) is 38.8 Å². The average Bonchev–Trinajstić information content (AvgIpc) is 2.65. The third kappa shape index (κ3) is 3.81. The molecule has 1 aliphatic heterocycles. The largest absolute Gasteiger partial charge is 0.493 e. The van der Waals surface area contributed by atoms with E-state index in [0.717, 1.165) is 28.7 Å². The number of carbonyl (C=O) groups excluding carboxylic acids is 1. The van der Waals surface area contributed by atoms with Crippen molar-refractivity contribution in [2.24, 2.45) is 0 Å². The molecule has 1 atom stereocenters. The van der Waals surface area contributed by atoms with E-state index in [1.54, 1.807) is 20.3 Å². The third-order valence-electron chi connectivity index (χ3n) is 4.77. The number of methoxy groups -OCH3 is 2. The maximum absolute atomic E-state index is 12.9. The summed E-state index contributed by atoms with van der Waals surface area (Å²) in [5.74, 6) is 1.32. The molecule has 0 aromatic heterocycles. The summed E-state index contributed by atoms with van der Waals surface area (Å²) in [5, 5.41) is 0.639. The molecule has 0 saturated heterocycles. The van der Waals surface area contributed by atoms with Gasteiger partial charge in [-0.05, 0) is 55.2 Å². The molecule has 0 spiro atoms. The monoisotopic (exact) mass is 385 g/mol. The van der Waals surface area contributed by atoms with Crippen molar-refractivity contribution >= 4 is 17.5 Å². The minimum Gasteiger partial charge on any atom is -0.493 e. The van der Waals surface area contributed by atoms with Crippen LogP contribution in [0.5, 0.6) is 11.5 Å². The summed E-state index contributed by atoms with van der Waals surface area (Å²) >= 11 is 6.52. The van der Waals surface area contributed by atoms with E-state index in [2.05, 4.69) is 0 Å². The van der Waals surface area contributed by atoms with E-state index in [0.29, 0.717) is 23.1 Å². The molecule has 3 rings (SSSR count). The standard InChI is InChI=1S/C22H24ClNO3/c1-14(2)11-21(25)24-10-9-15-12-19(26-3)20(27-4)13-17(15)22(24)16-7-5-6-8-18(16)23/h5-8,11-13,22H,9-10H2,1-4H3/t22-/m1/s1. The van der Waals surface area contributed by atoms with Gasteiger partial charge >= 0.3 is 0 Å². The van der Waals surface area contributed by atoms with Crippen LogP contribution in [0.3, 0.4) is 0 Å². The third-order valence-corrected chi connectivity index (χ3v) is 5.11. The summed E-state index contributed by atoms with van der Waals surface area (Å²) < 4.78 is 11.0. The van der Waals surface area contributed by atoms with Crippen molar-refractivity contribution in [3.05, 3.63) is 69.8 Å². The van der Waals surface area contributed by atoms with Crippen LogP contribution in [0.2, 0.25) is 5.02 Å². The van der Waals surface area contributed by atoms with E-state index in [4.69, 9.17) is 21.1 Å². The maximum Gasteiger partial charge on any atom is 0.247 e. The number of benzene rings is 2. The lowest BCUT2D eigenvalue weighted by Gasteiger charge is -2.38. The van der Waals surface area contributed by atoms with Crippen LogP contribution in [0.25, 0.3) is 0 Å². The van der Waals surface area contributed by atoms with Crippen LogP contribution >= 0.6 is 11.6 Å². The molecule has 1 amide bonds. The zero-order valence-electron chi connectivity index (χ0n) is 16.1. The van der Waals surface area contributed by atoms with Crippen LogP contribution in [-0.2, 0) is 11.2 Å². The van der Waals surface area contributed by atoms with E-state index >= 15 is 0 Å². The highest BCUT2D eigenvalue weighted by Crippen LogP contribution is 2.42. The maximum atomic E-state index is 12.9. The van der Waals surface area contributed by atoms with Crippen molar-refractivity contribution in [3.63, 3.8) is 0 Å². The SMILES string of the molecule is COc1cc2c(cc1OC)[C@@H](c1ccccc1Cl)N(C(=O)C=C(C)C)CC2. The van der Waals surface area contributed by atoms with Gasteiger partial charge in [0.15, 0.2) is 11.5 Å². The van der Waals surface area contributed by atoms with Crippen molar-refractivity contribution in [2.45, 2.75) is 26.3 Å². The predicted octanol–water partition coefficient (Wildman–Crippen LogP) is 4.80. The molecule has 0 N–H and O–H groups in total. The van der Waals surface area contributed by atoms with Crippen molar-refractivity contribution in [1.29, 1.82) is 0 Å². The summed E-state index contributed by atoms with van der Waals surface area (Å²) in [6.07, 6.45) is 2.43. The van der Waals surface area contributed by atoms with E-state index in [1.165, 1.54) is 0 Å². The molecule has 2 aromatic rings. The number of halogens is 1. The van der Waals surface area contributed by atoms with Crippen molar-refractivity contribution in [1.82, 2.24) is 4.90 Å². The number of rotatable bonds is 4. The molecule has 142 valence electrons. The molecule has 0 fully saturated rings. The summed E-state index contributed by atoms with van der Waals surface area (Å²) in [5.41, 5.74) is 4.03. The van der Waals surface area contributed by atoms with Crippen LogP contribution in [-0.4, -0.2) is 31.6 Å². The summed E-state index contributed by atoms with van der Waals surface area (Å²) in [6.45, 7) is 4.46. The Hall–Kier alpha value is -2.46. The number of allylic oxidation sites excluding steroid dienone is 1. The van der Waals surface area contributed by atoms with Gasteiger partial charge in [-0.25, -0.2) is 0 Å². The van der Waals surface area contributed by atoms with E-state index in [9.17, 15) is 4.79 Å². The van der Waals surface area contributed by atoms with Crippen LogP contribution in [0.15, 0.2) is 48.0 Å². The fourth-order valence-electron chi connectivity index (χ4n) is 3.55. The van der Waals surface area contributed by atoms with Gasteiger partial charge in [0.05, 0.1) is 20.3 Å². The molecule has 1 heterocycles. The number of hydrogen-bond acceptors (Lipinski definition) is 3. The molecular weight excluding hydrogens is 362 g/mol. The number of carbonyl (C=O) groups is 1. The molecule has 0 bridgehead atoms. The van der Waals surface area contributed by atoms with E-state index in [-0.39, 0.29) is 11.9 Å². The van der Waals surface area contributed by atoms with Gasteiger partial charge in [-0.15, -0.1) is 0 Å². The normalized spacial score (nSPS) is 15.7. The van der Waals surface area contributed by atoms with Gasteiger partial charge < -0.3 is 14.4 Å². The lowest BCUT2D eigenvalue weighted by atomic mass is 9.87. The minimum atomic E-state index is -0.273. The van der Waals surface area contributed by atoms with Crippen molar-refractivity contribution in [2.75, 3.05) is 20.8 Å². The van der Waals surface area contributed by atoms with Gasteiger partial charge in [0.25, 0.3) is 0 Å². The quantitative estimate of drug-likeness (QED) is 0.710. The Labute approximate surface area is 165 Å². The summed E-state index contributed by atoms with van der Waals surface area (Å²) in [4.78, 5) is 14.8. The van der Waals surface area contributed by atoms with Crippen LogP contribution in [0.1, 0.15) is 36.6 Å². The molecular formula is C22H24ClNO3. The number of hydrogen-bond donors (Lipinski definition) is 0. The zero-order chi connectivity index (χ0) is 19.6. The molecule has 0 aliphatic carbocycles. The highest BCUT2D eigenvalue weighted by atomic mass is 35.5. The molecule has 1 aliphatic rings. The highest BCUT2D eigenvalue weighted by Gasteiger charge is 2.33. The molecule has 5 heteroatoms. The van der Waals surface area contributed by atoms with Gasteiger partial charge in [0.1, 0.15) is 0 Å². The Morgan fingerprint density at radius 1 is 1.11 bits per heavy atom. The molecule has 2 aromatic carbocycles. The van der Waals surface area contributed by atoms with Crippen LogP contribution < -0.4 is 9.47 Å². The second-order valence-corrected chi connectivity index (χ2v) is 7.24. The zero-order valence-corrected chi connectivity index (χ0v) is 16.8. The lowest BCUT2D eigenvalue weighted by molar-refractivity contribution is -0.128. The summed E-state index contributed by atoms with van der Waals surface area (Å²) in [6, 6.07) is 11.4. The van der Waals surface area contributed by atoms with Crippen molar-refractivity contribution < 1.29 is 14.3 Å². The molecule has 0 unspecified atom stereocenters. The first-order chi connectivity index (χ1) is 13.0. The van der Waals surface area contributed by atoms with Gasteiger partial charge in [-0.1, -0.05) is 35.4 Å². The van der Waals surface area contributed by atoms with Crippen molar-refractivity contribution in [3.8, 4) is 11.5 Å². The lowest BCUT2D eigenvalue weighted by Crippen LogP contribution is -2.40. The van der Waals surface area contributed by atoms with Gasteiger partial charge in [0, 0.05) is 17.6 Å². The Balaban J connectivity index is 2.19. The second kappa shape index (κ2) is 8.05. The van der Waals surface area contributed by atoms with E-state index in [1.807, 2.05) is 55.1 Å². The smallest absolute Gasteiger partial charge is 0.247 e. The van der Waals surface area contributed by atoms with Crippen LogP contribution in [0.4, 0.5) is 0 Å². The number of fused-ring (bicyclic) bond motifs is 1. The molecule has 4 nitrogen and oxygen atoms in total. The highest BCUT2D eigenvalue weighted by molar-refractivity contribution is 6.31. The summed E-state index contributed by atoms with van der Waals surface area (Å²) in [7, 11) is 3.24. The van der Waals surface area contributed by atoms with Gasteiger partial charge in [-0.3, -0.25) is 4.79 Å². The Kier molecular flexibility index (Phi) is 5.76. The Morgan fingerprint density at radius 3 is 2.41 bits per heavy atom. The van der Waals surface area contributed by atoms with Gasteiger partial charge in [-0.2, -0.15) is 0 Å². The predicted molar refractivity (Wildman–Crippen MR) is 108 cm³/mol. The van der Waals surface area contributed by atoms with Gasteiger partial charge in [0.2, 0.25) is 5.91 Å². The first-order valence-electron chi connectivity index (χ1n) is 8.91. The van der Waals surface area contributed by atoms with Crippen LogP contribution in [0, 0.1) is 0 Å². The first kappa shape index (κ1) is 19.3. The minimum absolute atomic E-state index is 0.0136. The Bertz CT molecular complexity index is 887. The Morgan fingerprint density at radius 2 is 1.78 bits per heavy atom.